The molecular formula is C24H20F3N5O. The minimum Gasteiger partial charge on any atom is -0.496 e. The van der Waals surface area contributed by atoms with Crippen LogP contribution in [0.3, 0.4) is 0 Å². The summed E-state index contributed by atoms with van der Waals surface area (Å²) in [4.78, 5) is 18.0. The number of hydrogen-bond donors (Lipinski definition) is 0. The summed E-state index contributed by atoms with van der Waals surface area (Å²) >= 11 is 0. The summed E-state index contributed by atoms with van der Waals surface area (Å²) in [6, 6.07) is 19.1. The minimum absolute atomic E-state index is 0.106. The molecule has 0 aliphatic heterocycles. The Labute approximate surface area is 188 Å². The molecular weight excluding hydrogens is 431 g/mol. The lowest BCUT2D eigenvalue weighted by Crippen LogP contribution is -2.26. The van der Waals surface area contributed by atoms with Crippen LogP contribution in [0.25, 0.3) is 11.3 Å². The van der Waals surface area contributed by atoms with Crippen LogP contribution in [-0.4, -0.2) is 27.0 Å². The van der Waals surface area contributed by atoms with Crippen LogP contribution in [0.15, 0.2) is 79.1 Å². The third kappa shape index (κ3) is 5.43. The van der Waals surface area contributed by atoms with Crippen molar-refractivity contribution in [3.8, 4) is 17.0 Å². The van der Waals surface area contributed by atoms with Gasteiger partial charge >= 0.3 is 6.18 Å². The van der Waals surface area contributed by atoms with E-state index in [4.69, 9.17) is 4.74 Å². The molecule has 0 fully saturated rings. The van der Waals surface area contributed by atoms with Crippen LogP contribution in [0.2, 0.25) is 0 Å². The smallest absolute Gasteiger partial charge is 0.451 e. The van der Waals surface area contributed by atoms with E-state index in [-0.39, 0.29) is 24.6 Å². The third-order valence-corrected chi connectivity index (χ3v) is 4.83. The predicted molar refractivity (Wildman–Crippen MR) is 117 cm³/mol. The topological polar surface area (TPSA) is 64.0 Å². The van der Waals surface area contributed by atoms with Crippen LogP contribution < -0.4 is 9.64 Å². The fourth-order valence-electron chi connectivity index (χ4n) is 3.31. The first kappa shape index (κ1) is 22.2. The van der Waals surface area contributed by atoms with E-state index in [2.05, 4.69) is 19.9 Å². The normalized spacial score (nSPS) is 11.3. The van der Waals surface area contributed by atoms with Gasteiger partial charge in [-0.2, -0.15) is 13.2 Å². The number of nitrogens with zero attached hydrogens (tertiary/aromatic N) is 5. The van der Waals surface area contributed by atoms with E-state index in [0.29, 0.717) is 22.7 Å². The zero-order valence-corrected chi connectivity index (χ0v) is 17.7. The molecule has 9 heteroatoms. The molecule has 168 valence electrons. The van der Waals surface area contributed by atoms with Crippen molar-refractivity contribution in [3.63, 3.8) is 0 Å². The van der Waals surface area contributed by atoms with Gasteiger partial charge in [-0.3, -0.25) is 9.97 Å². The molecule has 0 N–H and O–H groups in total. The largest absolute Gasteiger partial charge is 0.496 e. The average Bonchev–Trinajstić information content (AvgIpc) is 2.84. The highest BCUT2D eigenvalue weighted by Gasteiger charge is 2.36. The van der Waals surface area contributed by atoms with E-state index in [0.717, 1.165) is 0 Å². The summed E-state index contributed by atoms with van der Waals surface area (Å²) in [5.41, 5.74) is 1.90. The lowest BCUT2D eigenvalue weighted by molar-refractivity contribution is -0.144. The zero-order chi connectivity index (χ0) is 23.3. The molecule has 1 aromatic carbocycles. The third-order valence-electron chi connectivity index (χ3n) is 4.83. The molecule has 4 aromatic rings. The number of aromatic nitrogens is 4. The van der Waals surface area contributed by atoms with E-state index in [1.807, 2.05) is 12.1 Å². The number of para-hydroxylation sites is 1. The summed E-state index contributed by atoms with van der Waals surface area (Å²) < 4.78 is 46.6. The van der Waals surface area contributed by atoms with Gasteiger partial charge in [-0.05, 0) is 36.4 Å². The molecule has 0 spiro atoms. The van der Waals surface area contributed by atoms with Crippen LogP contribution in [0, 0.1) is 0 Å². The van der Waals surface area contributed by atoms with Gasteiger partial charge in [0.25, 0.3) is 0 Å². The van der Waals surface area contributed by atoms with E-state index in [1.54, 1.807) is 65.8 Å². The van der Waals surface area contributed by atoms with Crippen LogP contribution in [0.4, 0.5) is 19.0 Å². The van der Waals surface area contributed by atoms with Crippen molar-refractivity contribution in [1.82, 2.24) is 19.9 Å². The van der Waals surface area contributed by atoms with E-state index >= 15 is 0 Å². The van der Waals surface area contributed by atoms with Gasteiger partial charge in [-0.1, -0.05) is 24.3 Å². The first-order valence-corrected chi connectivity index (χ1v) is 10.1. The number of anilines is 1. The van der Waals surface area contributed by atoms with Crippen molar-refractivity contribution >= 4 is 5.82 Å². The molecule has 0 unspecified atom stereocenters. The van der Waals surface area contributed by atoms with Crippen molar-refractivity contribution < 1.29 is 17.9 Å². The molecule has 0 saturated heterocycles. The standard InChI is InChI=1S/C24H20F3N5O/c1-33-21-11-3-2-10-19(21)20-14-22(31-23(30-20)24(25,26)27)32(15-17-8-4-6-12-28-17)16-18-9-5-7-13-29-18/h2-14H,15-16H2,1H3. The van der Waals surface area contributed by atoms with Crippen LogP contribution in [0.5, 0.6) is 5.75 Å². The summed E-state index contributed by atoms with van der Waals surface area (Å²) in [6.45, 7) is 0.466. The Kier molecular flexibility index (Phi) is 6.48. The Bertz CT molecular complexity index is 1160. The quantitative estimate of drug-likeness (QED) is 0.386. The van der Waals surface area contributed by atoms with E-state index in [1.165, 1.54) is 13.2 Å². The first-order chi connectivity index (χ1) is 15.9. The van der Waals surface area contributed by atoms with Gasteiger partial charge in [-0.25, -0.2) is 9.97 Å². The zero-order valence-electron chi connectivity index (χ0n) is 17.7. The Morgan fingerprint density at radius 2 is 1.42 bits per heavy atom. The number of rotatable bonds is 7. The second kappa shape index (κ2) is 9.64. The van der Waals surface area contributed by atoms with E-state index in [9.17, 15) is 13.2 Å². The molecule has 4 rings (SSSR count). The molecule has 6 nitrogen and oxygen atoms in total. The van der Waals surface area contributed by atoms with Crippen molar-refractivity contribution in [1.29, 1.82) is 0 Å². The molecule has 33 heavy (non-hydrogen) atoms. The van der Waals surface area contributed by atoms with E-state index < -0.39 is 12.0 Å². The molecule has 3 aromatic heterocycles. The fourth-order valence-corrected chi connectivity index (χ4v) is 3.31. The number of benzene rings is 1. The summed E-state index contributed by atoms with van der Waals surface area (Å²) in [5.74, 6) is -0.709. The number of halogens is 3. The lowest BCUT2D eigenvalue weighted by atomic mass is 10.1. The maximum Gasteiger partial charge on any atom is 0.451 e. The summed E-state index contributed by atoms with van der Waals surface area (Å²) in [7, 11) is 1.46. The monoisotopic (exact) mass is 451 g/mol. The molecule has 0 aliphatic carbocycles. The molecule has 3 heterocycles. The fraction of sp³-hybridized carbons (Fsp3) is 0.167. The Morgan fingerprint density at radius 1 is 0.818 bits per heavy atom. The second-order valence-electron chi connectivity index (χ2n) is 7.13. The summed E-state index contributed by atoms with van der Waals surface area (Å²) in [5, 5.41) is 0. The van der Waals surface area contributed by atoms with Crippen LogP contribution in [-0.2, 0) is 19.3 Å². The Balaban J connectivity index is 1.84. The molecule has 0 aliphatic rings. The van der Waals surface area contributed by atoms with Crippen molar-refractivity contribution in [2.24, 2.45) is 0 Å². The predicted octanol–water partition coefficient (Wildman–Crippen LogP) is 5.17. The van der Waals surface area contributed by atoms with Crippen molar-refractivity contribution in [3.05, 3.63) is 96.3 Å². The van der Waals surface area contributed by atoms with Gasteiger partial charge in [-0.15, -0.1) is 0 Å². The number of methoxy groups -OCH3 is 1. The van der Waals surface area contributed by atoms with Gasteiger partial charge < -0.3 is 9.64 Å². The second-order valence-corrected chi connectivity index (χ2v) is 7.13. The maximum atomic E-state index is 13.8. The van der Waals surface area contributed by atoms with Gasteiger partial charge in [0.1, 0.15) is 11.6 Å². The van der Waals surface area contributed by atoms with Gasteiger partial charge in [0.2, 0.25) is 5.82 Å². The van der Waals surface area contributed by atoms with Gasteiger partial charge in [0.15, 0.2) is 0 Å². The van der Waals surface area contributed by atoms with Crippen molar-refractivity contribution in [2.75, 3.05) is 12.0 Å². The van der Waals surface area contributed by atoms with Crippen LogP contribution in [0.1, 0.15) is 17.2 Å². The molecule has 0 atom stereocenters. The highest BCUT2D eigenvalue weighted by molar-refractivity contribution is 5.69. The Morgan fingerprint density at radius 3 is 1.97 bits per heavy atom. The number of ether oxygens (including phenoxy) is 1. The van der Waals surface area contributed by atoms with Crippen LogP contribution >= 0.6 is 0 Å². The minimum atomic E-state index is -4.73. The van der Waals surface area contributed by atoms with Gasteiger partial charge in [0.05, 0.1) is 37.3 Å². The number of pyridine rings is 2. The molecule has 0 bridgehead atoms. The Hall–Kier alpha value is -4.01. The maximum absolute atomic E-state index is 13.8. The van der Waals surface area contributed by atoms with Crippen molar-refractivity contribution in [2.45, 2.75) is 19.3 Å². The molecule has 0 radical (unpaired) electrons. The number of hydrogen-bond acceptors (Lipinski definition) is 6. The first-order valence-electron chi connectivity index (χ1n) is 10.1. The molecule has 0 amide bonds. The summed E-state index contributed by atoms with van der Waals surface area (Å²) in [6.07, 6.45) is -1.46. The molecule has 0 saturated carbocycles. The highest BCUT2D eigenvalue weighted by Crippen LogP contribution is 2.34. The van der Waals surface area contributed by atoms with Gasteiger partial charge in [0, 0.05) is 24.0 Å². The lowest BCUT2D eigenvalue weighted by Gasteiger charge is -2.24. The average molecular weight is 451 g/mol. The SMILES string of the molecule is COc1ccccc1-c1cc(N(Cc2ccccn2)Cc2ccccn2)nc(C(F)(F)F)n1. The highest BCUT2D eigenvalue weighted by atomic mass is 19.4. The number of alkyl halides is 3.